The van der Waals surface area contributed by atoms with Gasteiger partial charge >= 0.3 is 0 Å². The fraction of sp³-hybridized carbons (Fsp3) is 0.286. The van der Waals surface area contributed by atoms with Crippen molar-refractivity contribution >= 4 is 22.7 Å². The van der Waals surface area contributed by atoms with E-state index < -0.39 is 0 Å². The number of aryl methyl sites for hydroxylation is 1. The number of imidazole rings is 1. The lowest BCUT2D eigenvalue weighted by atomic mass is 9.90. The van der Waals surface area contributed by atoms with Crippen LogP contribution >= 0.6 is 0 Å². The summed E-state index contributed by atoms with van der Waals surface area (Å²) in [5.41, 5.74) is 4.97. The van der Waals surface area contributed by atoms with Crippen LogP contribution in [0.4, 0.5) is 5.82 Å². The van der Waals surface area contributed by atoms with Crippen molar-refractivity contribution in [2.45, 2.75) is 19.3 Å². The van der Waals surface area contributed by atoms with Gasteiger partial charge in [-0.05, 0) is 66.9 Å². The number of piperidine rings is 1. The molecule has 5 rings (SSSR count). The fourth-order valence-electron chi connectivity index (χ4n) is 4.34. The zero-order chi connectivity index (χ0) is 23.0. The Morgan fingerprint density at radius 2 is 1.94 bits per heavy atom. The number of nitrogens with one attached hydrogen (secondary N) is 2. The quantitative estimate of drug-likeness (QED) is 0.428. The normalized spacial score (nSPS) is 13.9. The highest BCUT2D eigenvalue weighted by molar-refractivity contribution is 5.87. The number of rotatable bonds is 5. The van der Waals surface area contributed by atoms with Gasteiger partial charge in [-0.1, -0.05) is 49.1 Å². The molecule has 0 unspecified atom stereocenters. The van der Waals surface area contributed by atoms with Crippen LogP contribution in [0.15, 0.2) is 73.8 Å². The highest BCUT2D eigenvalue weighted by Crippen LogP contribution is 2.25. The molecule has 1 fully saturated rings. The predicted octanol–water partition coefficient (Wildman–Crippen LogP) is 5.55. The lowest BCUT2D eigenvalue weighted by Crippen LogP contribution is -2.28. The van der Waals surface area contributed by atoms with Gasteiger partial charge in [0, 0.05) is 31.2 Å². The minimum absolute atomic E-state index is 0.867. The van der Waals surface area contributed by atoms with E-state index >= 15 is 0 Å². The number of benzene rings is 2. The lowest BCUT2D eigenvalue weighted by molar-refractivity contribution is 0.372. The maximum atomic E-state index is 4.31. The van der Waals surface area contributed by atoms with E-state index in [0.29, 0.717) is 0 Å². The van der Waals surface area contributed by atoms with Crippen molar-refractivity contribution in [1.82, 2.24) is 19.9 Å². The second-order valence-electron chi connectivity index (χ2n) is 8.62. The van der Waals surface area contributed by atoms with E-state index in [1.807, 2.05) is 43.5 Å². The fourth-order valence-corrected chi connectivity index (χ4v) is 4.34. The number of fused-ring (bicyclic) bond motifs is 1. The first-order valence-corrected chi connectivity index (χ1v) is 11.6. The Morgan fingerprint density at radius 1 is 1.09 bits per heavy atom. The van der Waals surface area contributed by atoms with Crippen molar-refractivity contribution in [3.63, 3.8) is 0 Å². The van der Waals surface area contributed by atoms with Gasteiger partial charge in [0.05, 0.1) is 18.2 Å². The average molecular weight is 440 g/mol. The summed E-state index contributed by atoms with van der Waals surface area (Å²) in [6.07, 6.45) is 11.4. The molecule has 1 aliphatic heterocycles. The molecule has 0 radical (unpaired) electrons. The first-order valence-electron chi connectivity index (χ1n) is 11.6. The summed E-state index contributed by atoms with van der Waals surface area (Å²) in [5, 5.41) is 8.78. The summed E-state index contributed by atoms with van der Waals surface area (Å²) in [6, 6.07) is 17.1. The van der Waals surface area contributed by atoms with Gasteiger partial charge in [0.25, 0.3) is 0 Å². The van der Waals surface area contributed by atoms with E-state index in [-0.39, 0.29) is 0 Å². The molecule has 0 atom stereocenters. The minimum atomic E-state index is 0.867. The number of hydrogen-bond donors (Lipinski definition) is 2. The third kappa shape index (κ3) is 5.88. The van der Waals surface area contributed by atoms with E-state index in [1.165, 1.54) is 48.9 Å². The molecule has 0 spiro atoms. The van der Waals surface area contributed by atoms with Crippen molar-refractivity contribution in [2.75, 3.05) is 25.5 Å². The van der Waals surface area contributed by atoms with Gasteiger partial charge in [0.15, 0.2) is 0 Å². The summed E-state index contributed by atoms with van der Waals surface area (Å²) >= 11 is 0. The molecular weight excluding hydrogens is 406 g/mol. The Morgan fingerprint density at radius 3 is 2.67 bits per heavy atom. The molecule has 5 heteroatoms. The number of hydrogen-bond acceptors (Lipinski definition) is 4. The lowest BCUT2D eigenvalue weighted by Gasteiger charge is -2.22. The smallest absolute Gasteiger partial charge is 0.126 e. The third-order valence-electron chi connectivity index (χ3n) is 6.26. The Hall–Kier alpha value is -3.44. The number of pyridine rings is 1. The van der Waals surface area contributed by atoms with Crippen LogP contribution in [0, 0.1) is 5.92 Å². The molecule has 5 nitrogen and oxygen atoms in total. The standard InChI is InChI=1S/C14H14N4.C14H19N/c1-15-14-6-12-5-10(3-4-11(12)7-17-14)13-8-16-9-18(13)2;1-2-12-4-3-5-14(10-12)11-13-6-8-15-9-7-13/h3-9H,1-2H3,(H,15,17);2-5,10,13,15H,1,6-9,11H2. The van der Waals surface area contributed by atoms with Gasteiger partial charge in [-0.3, -0.25) is 0 Å². The molecule has 33 heavy (non-hydrogen) atoms. The summed E-state index contributed by atoms with van der Waals surface area (Å²) in [6.45, 7) is 6.18. The van der Waals surface area contributed by atoms with E-state index in [9.17, 15) is 0 Å². The molecule has 3 heterocycles. The zero-order valence-electron chi connectivity index (χ0n) is 19.6. The minimum Gasteiger partial charge on any atom is -0.373 e. The van der Waals surface area contributed by atoms with Crippen LogP contribution < -0.4 is 10.6 Å². The molecule has 2 N–H and O–H groups in total. The molecule has 0 saturated carbocycles. The van der Waals surface area contributed by atoms with Crippen LogP contribution in [-0.4, -0.2) is 34.7 Å². The molecule has 2 aromatic heterocycles. The molecule has 170 valence electrons. The molecule has 0 aliphatic carbocycles. The maximum absolute atomic E-state index is 4.31. The Bertz CT molecular complexity index is 1200. The van der Waals surface area contributed by atoms with Crippen molar-refractivity contribution in [3.05, 3.63) is 85.0 Å². The van der Waals surface area contributed by atoms with E-state index in [1.54, 1.807) is 0 Å². The number of nitrogens with zero attached hydrogens (tertiary/aromatic N) is 3. The molecular formula is C28H33N5. The first kappa shape index (κ1) is 22.7. The zero-order valence-corrected chi connectivity index (χ0v) is 19.6. The summed E-state index contributed by atoms with van der Waals surface area (Å²) < 4.78 is 2.02. The molecule has 1 aliphatic rings. The van der Waals surface area contributed by atoms with E-state index in [2.05, 4.69) is 75.7 Å². The second kappa shape index (κ2) is 10.9. The predicted molar refractivity (Wildman–Crippen MR) is 139 cm³/mol. The Labute approximate surface area is 196 Å². The summed E-state index contributed by atoms with van der Waals surface area (Å²) in [4.78, 5) is 8.46. The molecule has 0 amide bonds. The van der Waals surface area contributed by atoms with Gasteiger partial charge < -0.3 is 15.2 Å². The van der Waals surface area contributed by atoms with Crippen molar-refractivity contribution < 1.29 is 0 Å². The highest BCUT2D eigenvalue weighted by atomic mass is 15.0. The molecule has 2 aromatic carbocycles. The second-order valence-corrected chi connectivity index (χ2v) is 8.62. The number of aromatic nitrogens is 3. The molecule has 0 bridgehead atoms. The van der Waals surface area contributed by atoms with Crippen LogP contribution in [0.2, 0.25) is 0 Å². The Balaban J connectivity index is 0.000000160. The monoisotopic (exact) mass is 439 g/mol. The van der Waals surface area contributed by atoms with Crippen LogP contribution in [0.3, 0.4) is 0 Å². The highest BCUT2D eigenvalue weighted by Gasteiger charge is 2.13. The van der Waals surface area contributed by atoms with Gasteiger partial charge in [-0.2, -0.15) is 0 Å². The van der Waals surface area contributed by atoms with Gasteiger partial charge in [0.2, 0.25) is 0 Å². The van der Waals surface area contributed by atoms with Crippen molar-refractivity contribution in [1.29, 1.82) is 0 Å². The summed E-state index contributed by atoms with van der Waals surface area (Å²) in [5.74, 6) is 1.75. The maximum Gasteiger partial charge on any atom is 0.126 e. The van der Waals surface area contributed by atoms with Crippen LogP contribution in [0.1, 0.15) is 24.0 Å². The van der Waals surface area contributed by atoms with Crippen molar-refractivity contribution in [3.8, 4) is 11.3 Å². The van der Waals surface area contributed by atoms with E-state index in [0.717, 1.165) is 28.4 Å². The average Bonchev–Trinajstić information content (AvgIpc) is 3.30. The third-order valence-corrected chi connectivity index (χ3v) is 6.26. The van der Waals surface area contributed by atoms with Gasteiger partial charge in [-0.15, -0.1) is 0 Å². The number of anilines is 1. The Kier molecular flexibility index (Phi) is 7.53. The van der Waals surface area contributed by atoms with Crippen molar-refractivity contribution in [2.24, 2.45) is 13.0 Å². The summed E-state index contributed by atoms with van der Waals surface area (Å²) in [7, 11) is 3.87. The van der Waals surface area contributed by atoms with Crippen LogP contribution in [0.25, 0.3) is 28.1 Å². The topological polar surface area (TPSA) is 54.8 Å². The van der Waals surface area contributed by atoms with Gasteiger partial charge in [-0.25, -0.2) is 9.97 Å². The van der Waals surface area contributed by atoms with Gasteiger partial charge in [0.1, 0.15) is 5.82 Å². The molecule has 4 aromatic rings. The SMILES string of the molecule is C=Cc1cccc(CC2CCNCC2)c1.CNc1cc2cc(-c3cncn3C)ccc2cn1. The largest absolute Gasteiger partial charge is 0.373 e. The molecule has 1 saturated heterocycles. The van der Waals surface area contributed by atoms with E-state index in [4.69, 9.17) is 0 Å². The first-order chi connectivity index (χ1) is 16.2. The van der Waals surface area contributed by atoms with Crippen LogP contribution in [0.5, 0.6) is 0 Å². The van der Waals surface area contributed by atoms with Crippen LogP contribution in [-0.2, 0) is 13.5 Å².